The van der Waals surface area contributed by atoms with Gasteiger partial charge in [0.1, 0.15) is 17.6 Å². The highest BCUT2D eigenvalue weighted by atomic mass is 19.1. The second-order valence-corrected chi connectivity index (χ2v) is 5.35. The average Bonchev–Trinajstić information content (AvgIpc) is 2.54. The summed E-state index contributed by atoms with van der Waals surface area (Å²) < 4.78 is 18.4. The van der Waals surface area contributed by atoms with Gasteiger partial charge in [0.15, 0.2) is 0 Å². The molecular formula is C18H19FN2O3. The summed E-state index contributed by atoms with van der Waals surface area (Å²) in [4.78, 5) is 23.8. The molecule has 6 heteroatoms. The molecule has 24 heavy (non-hydrogen) atoms. The van der Waals surface area contributed by atoms with Gasteiger partial charge in [-0.1, -0.05) is 30.3 Å². The molecule has 2 aromatic carbocycles. The highest BCUT2D eigenvalue weighted by Crippen LogP contribution is 2.19. The molecule has 0 aromatic heterocycles. The Morgan fingerprint density at radius 1 is 1.21 bits per heavy atom. The Morgan fingerprint density at radius 2 is 1.96 bits per heavy atom. The van der Waals surface area contributed by atoms with E-state index < -0.39 is 23.7 Å². The van der Waals surface area contributed by atoms with Gasteiger partial charge in [-0.3, -0.25) is 9.59 Å². The molecule has 0 aliphatic rings. The van der Waals surface area contributed by atoms with Crippen LogP contribution in [0.2, 0.25) is 0 Å². The molecule has 1 atom stereocenters. The van der Waals surface area contributed by atoms with Gasteiger partial charge in [-0.15, -0.1) is 0 Å². The maximum absolute atomic E-state index is 13.2. The third kappa shape index (κ3) is 4.81. The summed E-state index contributed by atoms with van der Waals surface area (Å²) in [5.74, 6) is -0.850. The van der Waals surface area contributed by atoms with Crippen LogP contribution in [0.3, 0.4) is 0 Å². The Bertz CT molecular complexity index is 734. The third-order valence-corrected chi connectivity index (χ3v) is 3.55. The number of hydrogen-bond acceptors (Lipinski definition) is 3. The van der Waals surface area contributed by atoms with Crippen molar-refractivity contribution >= 4 is 11.8 Å². The second kappa shape index (κ2) is 8.10. The van der Waals surface area contributed by atoms with Crippen molar-refractivity contribution in [2.75, 3.05) is 7.11 Å². The molecule has 0 unspecified atom stereocenters. The first-order valence-electron chi connectivity index (χ1n) is 7.44. The topological polar surface area (TPSA) is 81.4 Å². The number of rotatable bonds is 7. The summed E-state index contributed by atoms with van der Waals surface area (Å²) in [5, 5.41) is 2.59. The smallest absolute Gasteiger partial charge is 0.240 e. The number of primary amides is 1. The lowest BCUT2D eigenvalue weighted by Crippen LogP contribution is -2.46. The number of nitrogens with two attached hydrogens (primary N) is 1. The monoisotopic (exact) mass is 330 g/mol. The minimum Gasteiger partial charge on any atom is -0.496 e. The molecule has 0 saturated carbocycles. The minimum absolute atomic E-state index is 0.0343. The number of carbonyl (C=O) groups is 2. The molecule has 2 rings (SSSR count). The average molecular weight is 330 g/mol. The molecule has 0 aliphatic carbocycles. The largest absolute Gasteiger partial charge is 0.496 e. The van der Waals surface area contributed by atoms with Crippen LogP contribution in [0.25, 0.3) is 0 Å². The number of benzene rings is 2. The summed E-state index contributed by atoms with van der Waals surface area (Å²) in [6.45, 7) is 0. The lowest BCUT2D eigenvalue weighted by molar-refractivity contribution is -0.127. The fourth-order valence-electron chi connectivity index (χ4n) is 2.39. The third-order valence-electron chi connectivity index (χ3n) is 3.55. The van der Waals surface area contributed by atoms with Gasteiger partial charge in [-0.25, -0.2) is 4.39 Å². The van der Waals surface area contributed by atoms with Gasteiger partial charge in [0.25, 0.3) is 0 Å². The van der Waals surface area contributed by atoms with E-state index in [1.807, 2.05) is 12.1 Å². The van der Waals surface area contributed by atoms with Crippen LogP contribution in [0.15, 0.2) is 48.5 Å². The van der Waals surface area contributed by atoms with Crippen molar-refractivity contribution in [1.29, 1.82) is 0 Å². The first-order chi connectivity index (χ1) is 11.5. The lowest BCUT2D eigenvalue weighted by atomic mass is 10.0. The van der Waals surface area contributed by atoms with Crippen LogP contribution in [-0.2, 0) is 22.4 Å². The summed E-state index contributed by atoms with van der Waals surface area (Å²) in [6.07, 6.45) is 0.182. The van der Waals surface area contributed by atoms with E-state index >= 15 is 0 Å². The van der Waals surface area contributed by atoms with Crippen molar-refractivity contribution in [3.63, 3.8) is 0 Å². The molecule has 5 nitrogen and oxygen atoms in total. The molecule has 2 amide bonds. The van der Waals surface area contributed by atoms with E-state index in [-0.39, 0.29) is 12.8 Å². The lowest BCUT2D eigenvalue weighted by Gasteiger charge is -2.17. The highest BCUT2D eigenvalue weighted by Gasteiger charge is 2.20. The number of carbonyl (C=O) groups excluding carboxylic acids is 2. The molecule has 0 radical (unpaired) electrons. The Labute approximate surface area is 139 Å². The van der Waals surface area contributed by atoms with Crippen LogP contribution in [0.4, 0.5) is 4.39 Å². The van der Waals surface area contributed by atoms with Crippen LogP contribution in [0, 0.1) is 5.82 Å². The van der Waals surface area contributed by atoms with Crippen molar-refractivity contribution in [2.24, 2.45) is 5.73 Å². The second-order valence-electron chi connectivity index (χ2n) is 5.35. The van der Waals surface area contributed by atoms with Gasteiger partial charge in [-0.05, 0) is 29.3 Å². The van der Waals surface area contributed by atoms with Crippen LogP contribution >= 0.6 is 0 Å². The summed E-state index contributed by atoms with van der Waals surface area (Å²) >= 11 is 0. The summed E-state index contributed by atoms with van der Waals surface area (Å²) in [6, 6.07) is 12.1. The van der Waals surface area contributed by atoms with Crippen LogP contribution in [-0.4, -0.2) is 25.0 Å². The molecule has 0 spiro atoms. The maximum atomic E-state index is 13.2. The van der Waals surface area contributed by atoms with Gasteiger partial charge in [0.05, 0.1) is 13.5 Å². The van der Waals surface area contributed by atoms with Crippen LogP contribution < -0.4 is 15.8 Å². The van der Waals surface area contributed by atoms with Crippen LogP contribution in [0.5, 0.6) is 5.75 Å². The molecule has 3 N–H and O–H groups in total. The van der Waals surface area contributed by atoms with Crippen molar-refractivity contribution < 1.29 is 18.7 Å². The zero-order chi connectivity index (χ0) is 17.5. The number of ether oxygens (including phenoxy) is 1. The van der Waals surface area contributed by atoms with Crippen molar-refractivity contribution in [3.05, 3.63) is 65.5 Å². The molecule has 0 heterocycles. The first-order valence-corrected chi connectivity index (χ1v) is 7.44. The standard InChI is InChI=1S/C18H19FN2O3/c1-24-16-8-3-2-6-13(16)11-15(18(20)23)21-17(22)10-12-5-4-7-14(19)9-12/h2-9,15H,10-11H2,1H3,(H2,20,23)(H,21,22)/t15-/m1/s1. The highest BCUT2D eigenvalue weighted by molar-refractivity contribution is 5.87. The number of methoxy groups -OCH3 is 1. The Kier molecular flexibility index (Phi) is 5.89. The van der Waals surface area contributed by atoms with Crippen molar-refractivity contribution in [2.45, 2.75) is 18.9 Å². The van der Waals surface area contributed by atoms with E-state index in [1.165, 1.54) is 25.3 Å². The number of hydrogen-bond donors (Lipinski definition) is 2. The van der Waals surface area contributed by atoms with E-state index in [9.17, 15) is 14.0 Å². The SMILES string of the molecule is COc1ccccc1C[C@@H](NC(=O)Cc1cccc(F)c1)C(N)=O. The van der Waals surface area contributed by atoms with Gasteiger partial charge >= 0.3 is 0 Å². The maximum Gasteiger partial charge on any atom is 0.240 e. The van der Waals surface area contributed by atoms with Gasteiger partial charge in [-0.2, -0.15) is 0 Å². The predicted octanol–water partition coefficient (Wildman–Crippen LogP) is 1.59. The molecule has 0 bridgehead atoms. The Hall–Kier alpha value is -2.89. The quantitative estimate of drug-likeness (QED) is 0.809. The van der Waals surface area contributed by atoms with E-state index in [1.54, 1.807) is 18.2 Å². The molecule has 0 saturated heterocycles. The molecular weight excluding hydrogens is 311 g/mol. The molecule has 2 aromatic rings. The van der Waals surface area contributed by atoms with Gasteiger partial charge < -0.3 is 15.8 Å². The van der Waals surface area contributed by atoms with E-state index in [4.69, 9.17) is 10.5 Å². The number of para-hydroxylation sites is 1. The zero-order valence-electron chi connectivity index (χ0n) is 13.3. The predicted molar refractivity (Wildman–Crippen MR) is 87.9 cm³/mol. The molecule has 0 aliphatic heterocycles. The van der Waals surface area contributed by atoms with Crippen LogP contribution in [0.1, 0.15) is 11.1 Å². The fourth-order valence-corrected chi connectivity index (χ4v) is 2.39. The van der Waals surface area contributed by atoms with Gasteiger partial charge in [0.2, 0.25) is 11.8 Å². The van der Waals surface area contributed by atoms with E-state index in [2.05, 4.69) is 5.32 Å². The Morgan fingerprint density at radius 3 is 2.62 bits per heavy atom. The minimum atomic E-state index is -0.873. The number of halogens is 1. The fraction of sp³-hybridized carbons (Fsp3) is 0.222. The van der Waals surface area contributed by atoms with Crippen molar-refractivity contribution in [1.82, 2.24) is 5.32 Å². The Balaban J connectivity index is 2.05. The molecule has 0 fully saturated rings. The number of amides is 2. The van der Waals surface area contributed by atoms with Crippen molar-refractivity contribution in [3.8, 4) is 5.75 Å². The molecule has 126 valence electrons. The zero-order valence-corrected chi connectivity index (χ0v) is 13.3. The number of nitrogens with one attached hydrogen (secondary N) is 1. The van der Waals surface area contributed by atoms with E-state index in [0.29, 0.717) is 11.3 Å². The summed E-state index contributed by atoms with van der Waals surface area (Å²) in [7, 11) is 1.53. The van der Waals surface area contributed by atoms with Gasteiger partial charge in [0, 0.05) is 6.42 Å². The first kappa shape index (κ1) is 17.5. The normalized spacial score (nSPS) is 11.6. The summed E-state index contributed by atoms with van der Waals surface area (Å²) in [5.41, 5.74) is 6.67. The van der Waals surface area contributed by atoms with E-state index in [0.717, 1.165) is 5.56 Å².